The molecule has 2 aliphatic heterocycles. The zero-order valence-corrected chi connectivity index (χ0v) is 15.8. The van der Waals surface area contributed by atoms with E-state index in [0.29, 0.717) is 32.1 Å². The van der Waals surface area contributed by atoms with Gasteiger partial charge in [0.2, 0.25) is 15.9 Å². The third-order valence-electron chi connectivity index (χ3n) is 5.40. The van der Waals surface area contributed by atoms with Gasteiger partial charge in [0.1, 0.15) is 6.04 Å². The van der Waals surface area contributed by atoms with Crippen molar-refractivity contribution in [3.8, 4) is 0 Å². The summed E-state index contributed by atoms with van der Waals surface area (Å²) in [6.45, 7) is 1.84. The Hall–Kier alpha value is -1.60. The first-order valence-corrected chi connectivity index (χ1v) is 10.8. The van der Waals surface area contributed by atoms with E-state index in [-0.39, 0.29) is 5.91 Å². The Labute approximate surface area is 150 Å². The number of anilines is 1. The molecule has 2 aliphatic rings. The van der Waals surface area contributed by atoms with Crippen LogP contribution in [0.15, 0.2) is 30.3 Å². The third kappa shape index (κ3) is 3.98. The third-order valence-corrected chi connectivity index (χ3v) is 6.69. The predicted molar refractivity (Wildman–Crippen MR) is 99.0 cm³/mol. The molecule has 0 bridgehead atoms. The predicted octanol–water partition coefficient (Wildman–Crippen LogP) is 1.54. The highest BCUT2D eigenvalue weighted by Gasteiger charge is 2.39. The van der Waals surface area contributed by atoms with Crippen LogP contribution in [0.4, 0.5) is 5.69 Å². The van der Waals surface area contributed by atoms with Crippen molar-refractivity contribution in [1.29, 1.82) is 0 Å². The smallest absolute Gasteiger partial charge is 0.241 e. The first-order valence-electron chi connectivity index (χ1n) is 8.91. The molecule has 0 spiro atoms. The summed E-state index contributed by atoms with van der Waals surface area (Å²) in [6, 6.07) is 10.2. The lowest BCUT2D eigenvalue weighted by Crippen LogP contribution is -2.52. The van der Waals surface area contributed by atoms with Crippen LogP contribution in [0.1, 0.15) is 25.7 Å². The summed E-state index contributed by atoms with van der Waals surface area (Å²) in [5.41, 5.74) is 1.19. The number of sulfonamides is 1. The summed E-state index contributed by atoms with van der Waals surface area (Å²) in [4.78, 5) is 16.9. The van der Waals surface area contributed by atoms with Crippen molar-refractivity contribution in [3.05, 3.63) is 30.3 Å². The van der Waals surface area contributed by atoms with E-state index in [2.05, 4.69) is 24.1 Å². The summed E-state index contributed by atoms with van der Waals surface area (Å²) >= 11 is 0. The summed E-state index contributed by atoms with van der Waals surface area (Å²) in [5.74, 6) is -0.0243. The van der Waals surface area contributed by atoms with Gasteiger partial charge in [-0.25, -0.2) is 8.42 Å². The Morgan fingerprint density at radius 1 is 1.08 bits per heavy atom. The Kier molecular flexibility index (Phi) is 5.34. The number of carbonyl (C=O) groups is 1. The zero-order chi connectivity index (χ0) is 18.0. The van der Waals surface area contributed by atoms with Crippen LogP contribution in [0.5, 0.6) is 0 Å². The van der Waals surface area contributed by atoms with Gasteiger partial charge in [0, 0.05) is 38.4 Å². The van der Waals surface area contributed by atoms with Crippen LogP contribution in [0.3, 0.4) is 0 Å². The van der Waals surface area contributed by atoms with Gasteiger partial charge < -0.3 is 9.80 Å². The van der Waals surface area contributed by atoms with Crippen LogP contribution in [0.2, 0.25) is 0 Å². The minimum atomic E-state index is -3.32. The number of carbonyl (C=O) groups excluding carboxylic acids is 1. The lowest BCUT2D eigenvalue weighted by Gasteiger charge is -2.39. The molecule has 6 nitrogen and oxygen atoms in total. The van der Waals surface area contributed by atoms with E-state index in [1.165, 1.54) is 16.2 Å². The van der Waals surface area contributed by atoms with E-state index in [9.17, 15) is 13.2 Å². The monoisotopic (exact) mass is 365 g/mol. The molecule has 138 valence electrons. The number of amides is 1. The number of likely N-dealkylation sites (tertiary alicyclic amines) is 1. The highest BCUT2D eigenvalue weighted by molar-refractivity contribution is 7.88. The molecule has 0 aromatic heterocycles. The molecule has 2 saturated heterocycles. The number of hydrogen-bond donors (Lipinski definition) is 0. The molecule has 0 N–H and O–H groups in total. The molecule has 1 aromatic rings. The van der Waals surface area contributed by atoms with Crippen molar-refractivity contribution in [3.63, 3.8) is 0 Å². The lowest BCUT2D eigenvalue weighted by molar-refractivity contribution is -0.135. The van der Waals surface area contributed by atoms with E-state index >= 15 is 0 Å². The second-order valence-corrected chi connectivity index (χ2v) is 8.97. The van der Waals surface area contributed by atoms with Gasteiger partial charge in [0.25, 0.3) is 0 Å². The fourth-order valence-electron chi connectivity index (χ4n) is 3.94. The van der Waals surface area contributed by atoms with Gasteiger partial charge in [0.05, 0.1) is 6.26 Å². The molecule has 1 atom stereocenters. The van der Waals surface area contributed by atoms with Crippen LogP contribution in [0, 0.1) is 0 Å². The first kappa shape index (κ1) is 18.2. The Bertz CT molecular complexity index is 700. The Balaban J connectivity index is 1.59. The Morgan fingerprint density at radius 2 is 1.72 bits per heavy atom. The summed E-state index contributed by atoms with van der Waals surface area (Å²) < 4.78 is 25.1. The fourth-order valence-corrected chi connectivity index (χ4v) is 5.06. The number of benzene rings is 1. The van der Waals surface area contributed by atoms with Gasteiger partial charge in [-0.05, 0) is 37.8 Å². The van der Waals surface area contributed by atoms with Gasteiger partial charge in [-0.3, -0.25) is 4.79 Å². The maximum Gasteiger partial charge on any atom is 0.241 e. The van der Waals surface area contributed by atoms with E-state index in [1.807, 2.05) is 23.1 Å². The molecular formula is C18H27N3O3S. The van der Waals surface area contributed by atoms with Gasteiger partial charge in [-0.15, -0.1) is 0 Å². The number of nitrogens with zero attached hydrogens (tertiary/aromatic N) is 3. The topological polar surface area (TPSA) is 60.9 Å². The van der Waals surface area contributed by atoms with E-state index in [0.717, 1.165) is 19.3 Å². The van der Waals surface area contributed by atoms with E-state index in [4.69, 9.17) is 0 Å². The number of piperidine rings is 1. The molecule has 1 amide bonds. The van der Waals surface area contributed by atoms with Crippen molar-refractivity contribution in [2.45, 2.75) is 37.8 Å². The molecule has 0 radical (unpaired) electrons. The van der Waals surface area contributed by atoms with Gasteiger partial charge in [-0.1, -0.05) is 18.2 Å². The molecule has 7 heteroatoms. The first-order chi connectivity index (χ1) is 11.9. The van der Waals surface area contributed by atoms with Crippen molar-refractivity contribution >= 4 is 21.6 Å². The molecule has 0 unspecified atom stereocenters. The van der Waals surface area contributed by atoms with E-state index < -0.39 is 16.1 Å². The standard InChI is InChI=1S/C18H27N3O3S/c1-19(15-7-4-3-5-8-15)16-10-13-20(14-11-16)18(22)17-9-6-12-21(17)25(2,23)24/h3-5,7-8,16-17H,6,9-14H2,1-2H3/t17-/m0/s1. The molecule has 2 heterocycles. The summed E-state index contributed by atoms with van der Waals surface area (Å²) in [7, 11) is -1.22. The summed E-state index contributed by atoms with van der Waals surface area (Å²) in [6.07, 6.45) is 4.40. The highest BCUT2D eigenvalue weighted by atomic mass is 32.2. The molecule has 0 aliphatic carbocycles. The van der Waals surface area contributed by atoms with Crippen LogP contribution in [-0.4, -0.2) is 68.6 Å². The number of hydrogen-bond acceptors (Lipinski definition) is 4. The Morgan fingerprint density at radius 3 is 2.32 bits per heavy atom. The quantitative estimate of drug-likeness (QED) is 0.812. The van der Waals surface area contributed by atoms with Gasteiger partial charge in [-0.2, -0.15) is 4.31 Å². The zero-order valence-electron chi connectivity index (χ0n) is 15.0. The van der Waals surface area contributed by atoms with Crippen LogP contribution in [0.25, 0.3) is 0 Å². The fraction of sp³-hybridized carbons (Fsp3) is 0.611. The highest BCUT2D eigenvalue weighted by Crippen LogP contribution is 2.26. The summed E-state index contributed by atoms with van der Waals surface area (Å²) in [5, 5.41) is 0. The second-order valence-electron chi connectivity index (χ2n) is 7.03. The molecule has 3 rings (SSSR count). The minimum absolute atomic E-state index is 0.0243. The van der Waals surface area contributed by atoms with Gasteiger partial charge in [0.15, 0.2) is 0 Å². The molecular weight excluding hydrogens is 338 g/mol. The largest absolute Gasteiger partial charge is 0.371 e. The second kappa shape index (κ2) is 7.33. The van der Waals surface area contributed by atoms with Gasteiger partial charge >= 0.3 is 0 Å². The average Bonchev–Trinajstić information content (AvgIpc) is 3.11. The van der Waals surface area contributed by atoms with Crippen molar-refractivity contribution < 1.29 is 13.2 Å². The molecule has 25 heavy (non-hydrogen) atoms. The maximum absolute atomic E-state index is 12.8. The SMILES string of the molecule is CN(c1ccccc1)C1CCN(C(=O)[C@@H]2CCCN2S(C)(=O)=O)CC1. The van der Waals surface area contributed by atoms with Crippen molar-refractivity contribution in [2.24, 2.45) is 0 Å². The van der Waals surface area contributed by atoms with Crippen LogP contribution in [-0.2, 0) is 14.8 Å². The minimum Gasteiger partial charge on any atom is -0.371 e. The molecule has 0 saturated carbocycles. The molecule has 2 fully saturated rings. The lowest BCUT2D eigenvalue weighted by atomic mass is 10.0. The normalized spacial score (nSPS) is 23.0. The number of rotatable bonds is 4. The van der Waals surface area contributed by atoms with Crippen LogP contribution < -0.4 is 4.90 Å². The molecule has 1 aromatic carbocycles. The average molecular weight is 365 g/mol. The van der Waals surface area contributed by atoms with Crippen molar-refractivity contribution in [1.82, 2.24) is 9.21 Å². The van der Waals surface area contributed by atoms with Crippen molar-refractivity contribution in [2.75, 3.05) is 37.8 Å². The van der Waals surface area contributed by atoms with E-state index in [1.54, 1.807) is 0 Å². The number of para-hydroxylation sites is 1. The van der Waals surface area contributed by atoms with Crippen LogP contribution >= 0.6 is 0 Å². The maximum atomic E-state index is 12.8.